The zero-order chi connectivity index (χ0) is 13.3. The first kappa shape index (κ1) is 13.3. The molecule has 2 rings (SSSR count). The van der Waals surface area contributed by atoms with Gasteiger partial charge in [-0.05, 0) is 47.6 Å². The molecule has 1 heterocycles. The van der Waals surface area contributed by atoms with Crippen LogP contribution in [0.3, 0.4) is 0 Å². The molecule has 1 fully saturated rings. The topological polar surface area (TPSA) is 57.6 Å². The summed E-state index contributed by atoms with van der Waals surface area (Å²) in [6.07, 6.45) is 0.545. The number of carboxylic acids is 1. The molecular weight excluding hydrogens is 345 g/mol. The van der Waals surface area contributed by atoms with Crippen LogP contribution in [0.2, 0.25) is 0 Å². The molecule has 1 aliphatic heterocycles. The fourth-order valence-electron chi connectivity index (χ4n) is 2.13. The Labute approximate surface area is 119 Å². The molecule has 1 atom stereocenters. The Hall–Kier alpha value is -1.11. The van der Waals surface area contributed by atoms with E-state index in [1.54, 1.807) is 11.0 Å². The molecule has 96 valence electrons. The third-order valence-corrected chi connectivity index (χ3v) is 4.68. The van der Waals surface area contributed by atoms with Crippen molar-refractivity contribution < 1.29 is 14.7 Å². The number of carbonyl (C=O) groups excluding carboxylic acids is 1. The van der Waals surface area contributed by atoms with Crippen molar-refractivity contribution in [2.24, 2.45) is 5.92 Å². The van der Waals surface area contributed by atoms with E-state index in [1.165, 1.54) is 0 Å². The van der Waals surface area contributed by atoms with Crippen molar-refractivity contribution >= 4 is 34.5 Å². The van der Waals surface area contributed by atoms with Gasteiger partial charge in [-0.15, -0.1) is 0 Å². The molecule has 1 amide bonds. The minimum absolute atomic E-state index is 0.0631. The molecule has 0 bridgehead atoms. The predicted molar refractivity (Wildman–Crippen MR) is 75.5 cm³/mol. The van der Waals surface area contributed by atoms with E-state index in [0.717, 1.165) is 9.13 Å². The molecule has 1 aliphatic rings. The standard InChI is InChI=1S/C13H14INO3/c1-8-3-2-4-10(11(8)14)12(16)15-6-5-9(7-15)13(17)18/h2-4,9H,5-7H2,1H3,(H,17,18). The molecule has 1 aromatic rings. The third kappa shape index (κ3) is 2.50. The average molecular weight is 359 g/mol. The third-order valence-electron chi connectivity index (χ3n) is 3.25. The molecule has 1 unspecified atom stereocenters. The summed E-state index contributed by atoms with van der Waals surface area (Å²) in [6.45, 7) is 2.81. The molecule has 0 saturated carbocycles. The number of halogens is 1. The van der Waals surface area contributed by atoms with Gasteiger partial charge >= 0.3 is 5.97 Å². The largest absolute Gasteiger partial charge is 0.481 e. The zero-order valence-electron chi connectivity index (χ0n) is 10.0. The molecule has 4 nitrogen and oxygen atoms in total. The molecule has 5 heteroatoms. The predicted octanol–water partition coefficient (Wildman–Crippen LogP) is 2.15. The highest BCUT2D eigenvalue weighted by Crippen LogP contribution is 2.22. The van der Waals surface area contributed by atoms with Gasteiger partial charge in [0.05, 0.1) is 11.5 Å². The van der Waals surface area contributed by atoms with Gasteiger partial charge in [0.25, 0.3) is 5.91 Å². The monoisotopic (exact) mass is 359 g/mol. The lowest BCUT2D eigenvalue weighted by atomic mass is 10.1. The maximum atomic E-state index is 12.3. The Bertz CT molecular complexity index is 501. The van der Waals surface area contributed by atoms with E-state index in [-0.39, 0.29) is 5.91 Å². The van der Waals surface area contributed by atoms with E-state index >= 15 is 0 Å². The molecule has 1 saturated heterocycles. The SMILES string of the molecule is Cc1cccc(C(=O)N2CCC(C(=O)O)C2)c1I. The van der Waals surface area contributed by atoms with Crippen LogP contribution in [-0.2, 0) is 4.79 Å². The molecule has 1 N–H and O–H groups in total. The summed E-state index contributed by atoms with van der Waals surface area (Å²) in [4.78, 5) is 24.8. The number of hydrogen-bond acceptors (Lipinski definition) is 2. The first-order valence-electron chi connectivity index (χ1n) is 5.78. The highest BCUT2D eigenvalue weighted by atomic mass is 127. The van der Waals surface area contributed by atoms with Gasteiger partial charge < -0.3 is 10.0 Å². The first-order chi connectivity index (χ1) is 8.50. The second-order valence-corrected chi connectivity index (χ2v) is 5.59. The lowest BCUT2D eigenvalue weighted by Crippen LogP contribution is -2.30. The Balaban J connectivity index is 2.18. The number of hydrogen-bond donors (Lipinski definition) is 1. The number of carbonyl (C=O) groups is 2. The summed E-state index contributed by atoms with van der Waals surface area (Å²) < 4.78 is 0.943. The second-order valence-electron chi connectivity index (χ2n) is 4.51. The van der Waals surface area contributed by atoms with Gasteiger partial charge in [-0.3, -0.25) is 9.59 Å². The fourth-order valence-corrected chi connectivity index (χ4v) is 2.72. The first-order valence-corrected chi connectivity index (χ1v) is 6.85. The summed E-state index contributed by atoms with van der Waals surface area (Å²) in [6, 6.07) is 5.61. The minimum atomic E-state index is -0.816. The Morgan fingerprint density at radius 3 is 2.78 bits per heavy atom. The lowest BCUT2D eigenvalue weighted by molar-refractivity contribution is -0.141. The van der Waals surface area contributed by atoms with Crippen molar-refractivity contribution in [3.05, 3.63) is 32.9 Å². The summed E-state index contributed by atoms with van der Waals surface area (Å²) in [7, 11) is 0. The van der Waals surface area contributed by atoms with Crippen molar-refractivity contribution in [2.45, 2.75) is 13.3 Å². The fraction of sp³-hybridized carbons (Fsp3) is 0.385. The number of carboxylic acid groups (broad SMARTS) is 1. The van der Waals surface area contributed by atoms with Gasteiger partial charge in [-0.25, -0.2) is 0 Å². The van der Waals surface area contributed by atoms with Crippen LogP contribution in [0.5, 0.6) is 0 Å². The van der Waals surface area contributed by atoms with E-state index in [1.807, 2.05) is 19.1 Å². The maximum Gasteiger partial charge on any atom is 0.308 e. The molecule has 0 aliphatic carbocycles. The quantitative estimate of drug-likeness (QED) is 0.824. The smallest absolute Gasteiger partial charge is 0.308 e. The van der Waals surface area contributed by atoms with E-state index in [0.29, 0.717) is 25.1 Å². The lowest BCUT2D eigenvalue weighted by Gasteiger charge is -2.17. The van der Waals surface area contributed by atoms with E-state index in [4.69, 9.17) is 5.11 Å². The number of aryl methyl sites for hydroxylation is 1. The summed E-state index contributed by atoms with van der Waals surface area (Å²) in [5.41, 5.74) is 1.73. The Morgan fingerprint density at radius 2 is 2.17 bits per heavy atom. The summed E-state index contributed by atoms with van der Waals surface area (Å²) in [5.74, 6) is -1.30. The molecule has 0 spiro atoms. The number of aliphatic carboxylic acids is 1. The molecule has 0 radical (unpaired) electrons. The van der Waals surface area contributed by atoms with Crippen molar-refractivity contribution in [1.82, 2.24) is 4.90 Å². The number of benzene rings is 1. The van der Waals surface area contributed by atoms with Crippen LogP contribution in [0.25, 0.3) is 0 Å². The van der Waals surface area contributed by atoms with Crippen molar-refractivity contribution in [1.29, 1.82) is 0 Å². The normalized spacial score (nSPS) is 19.0. The van der Waals surface area contributed by atoms with Crippen LogP contribution < -0.4 is 0 Å². The van der Waals surface area contributed by atoms with Crippen molar-refractivity contribution in [3.8, 4) is 0 Å². The minimum Gasteiger partial charge on any atom is -0.481 e. The van der Waals surface area contributed by atoms with Crippen molar-refractivity contribution in [2.75, 3.05) is 13.1 Å². The van der Waals surface area contributed by atoms with Crippen LogP contribution in [0, 0.1) is 16.4 Å². The van der Waals surface area contributed by atoms with Gasteiger partial charge in [-0.2, -0.15) is 0 Å². The van der Waals surface area contributed by atoms with E-state index < -0.39 is 11.9 Å². The number of rotatable bonds is 2. The highest BCUT2D eigenvalue weighted by molar-refractivity contribution is 14.1. The van der Waals surface area contributed by atoms with Gasteiger partial charge in [0.15, 0.2) is 0 Å². The zero-order valence-corrected chi connectivity index (χ0v) is 12.2. The Kier molecular flexibility index (Phi) is 3.89. The summed E-state index contributed by atoms with van der Waals surface area (Å²) in [5, 5.41) is 8.94. The van der Waals surface area contributed by atoms with Crippen LogP contribution >= 0.6 is 22.6 Å². The summed E-state index contributed by atoms with van der Waals surface area (Å²) >= 11 is 2.16. The molecule has 0 aromatic heterocycles. The average Bonchev–Trinajstić information content (AvgIpc) is 2.81. The van der Waals surface area contributed by atoms with Gasteiger partial charge in [0, 0.05) is 16.7 Å². The van der Waals surface area contributed by atoms with Gasteiger partial charge in [-0.1, -0.05) is 12.1 Å². The second kappa shape index (κ2) is 5.26. The van der Waals surface area contributed by atoms with Crippen LogP contribution in [0.1, 0.15) is 22.3 Å². The molecular formula is C13H14INO3. The Morgan fingerprint density at radius 1 is 1.44 bits per heavy atom. The number of amides is 1. The van der Waals surface area contributed by atoms with Gasteiger partial charge in [0.1, 0.15) is 0 Å². The van der Waals surface area contributed by atoms with E-state index in [2.05, 4.69) is 22.6 Å². The molecule has 18 heavy (non-hydrogen) atoms. The van der Waals surface area contributed by atoms with Crippen LogP contribution in [-0.4, -0.2) is 35.0 Å². The van der Waals surface area contributed by atoms with Gasteiger partial charge in [0.2, 0.25) is 0 Å². The molecule has 1 aromatic carbocycles. The number of likely N-dealkylation sites (tertiary alicyclic amines) is 1. The number of nitrogens with zero attached hydrogens (tertiary/aromatic N) is 1. The van der Waals surface area contributed by atoms with Crippen molar-refractivity contribution in [3.63, 3.8) is 0 Å². The van der Waals surface area contributed by atoms with Crippen LogP contribution in [0.15, 0.2) is 18.2 Å². The highest BCUT2D eigenvalue weighted by Gasteiger charge is 2.31. The maximum absolute atomic E-state index is 12.3. The van der Waals surface area contributed by atoms with E-state index in [9.17, 15) is 9.59 Å². The van der Waals surface area contributed by atoms with Crippen LogP contribution in [0.4, 0.5) is 0 Å².